The highest BCUT2D eigenvalue weighted by atomic mass is 32.2. The molecule has 0 radical (unpaired) electrons. The Kier molecular flexibility index (Phi) is 4.03. The molecule has 0 aromatic carbocycles. The lowest BCUT2D eigenvalue weighted by Crippen LogP contribution is -2.55. The lowest BCUT2D eigenvalue weighted by atomic mass is 9.50. The van der Waals surface area contributed by atoms with Crippen molar-refractivity contribution in [3.8, 4) is 0 Å². The smallest absolute Gasteiger partial charge is 0.279 e. The molecule has 0 aromatic rings. The van der Waals surface area contributed by atoms with Gasteiger partial charge in [0, 0.05) is 19.6 Å². The van der Waals surface area contributed by atoms with Gasteiger partial charge in [-0.1, -0.05) is 0 Å². The zero-order valence-electron chi connectivity index (χ0n) is 14.3. The number of morpholine rings is 1. The standard InChI is InChI=1S/C17H30N2O3S/c1-12-9-19(10-13(2)22-12)23(20,21)18-11-17-6-14-3-15(7-17)5-16(4-14)8-17/h12-16,18H,3-11H2,1-2H3/t12-,13-,14?,15?,16?,17?/m0/s1. The van der Waals surface area contributed by atoms with Gasteiger partial charge in [0.05, 0.1) is 12.2 Å². The van der Waals surface area contributed by atoms with Gasteiger partial charge < -0.3 is 4.74 Å². The van der Waals surface area contributed by atoms with Gasteiger partial charge in [-0.25, -0.2) is 4.72 Å². The van der Waals surface area contributed by atoms with Crippen molar-refractivity contribution in [1.29, 1.82) is 0 Å². The summed E-state index contributed by atoms with van der Waals surface area (Å²) in [6.07, 6.45) is 7.82. The van der Waals surface area contributed by atoms with Crippen LogP contribution in [-0.2, 0) is 14.9 Å². The first-order valence-electron chi connectivity index (χ1n) is 9.24. The number of nitrogens with zero attached hydrogens (tertiary/aromatic N) is 1. The van der Waals surface area contributed by atoms with Gasteiger partial charge in [-0.2, -0.15) is 12.7 Å². The topological polar surface area (TPSA) is 58.6 Å². The van der Waals surface area contributed by atoms with E-state index >= 15 is 0 Å². The van der Waals surface area contributed by atoms with Crippen LogP contribution in [0.2, 0.25) is 0 Å². The van der Waals surface area contributed by atoms with Gasteiger partial charge in [0.15, 0.2) is 0 Å². The van der Waals surface area contributed by atoms with E-state index in [0.29, 0.717) is 19.6 Å². The first kappa shape index (κ1) is 16.3. The van der Waals surface area contributed by atoms with Crippen molar-refractivity contribution in [2.75, 3.05) is 19.6 Å². The SMILES string of the molecule is C[C@H]1CN(S(=O)(=O)NCC23CC4CC(CC(C4)C2)C3)C[C@H](C)O1. The monoisotopic (exact) mass is 342 g/mol. The lowest BCUT2D eigenvalue weighted by Gasteiger charge is -2.57. The van der Waals surface area contributed by atoms with Crippen molar-refractivity contribution >= 4 is 10.2 Å². The van der Waals surface area contributed by atoms with Crippen LogP contribution in [0.5, 0.6) is 0 Å². The lowest BCUT2D eigenvalue weighted by molar-refractivity contribution is -0.0510. The molecule has 2 atom stereocenters. The van der Waals surface area contributed by atoms with E-state index in [1.165, 1.54) is 38.5 Å². The van der Waals surface area contributed by atoms with E-state index in [4.69, 9.17) is 4.74 Å². The molecule has 6 heteroatoms. The summed E-state index contributed by atoms with van der Waals surface area (Å²) in [5, 5.41) is 0. The van der Waals surface area contributed by atoms with E-state index in [2.05, 4.69) is 4.72 Å². The molecule has 1 N–H and O–H groups in total. The average Bonchev–Trinajstić information content (AvgIpc) is 2.43. The van der Waals surface area contributed by atoms with E-state index in [-0.39, 0.29) is 17.6 Å². The van der Waals surface area contributed by atoms with Crippen LogP contribution in [0.15, 0.2) is 0 Å². The Labute approximate surface area is 140 Å². The Bertz CT molecular complexity index is 517. The van der Waals surface area contributed by atoms with E-state index in [1.807, 2.05) is 13.8 Å². The summed E-state index contributed by atoms with van der Waals surface area (Å²) in [5.41, 5.74) is 0.241. The quantitative estimate of drug-likeness (QED) is 0.852. The van der Waals surface area contributed by atoms with Gasteiger partial charge in [-0.05, 0) is 75.5 Å². The minimum absolute atomic E-state index is 0.0325. The fraction of sp³-hybridized carbons (Fsp3) is 1.00. The van der Waals surface area contributed by atoms with Crippen molar-refractivity contribution in [2.45, 2.75) is 64.6 Å². The predicted molar refractivity (Wildman–Crippen MR) is 89.1 cm³/mol. The van der Waals surface area contributed by atoms with Gasteiger partial charge in [-0.15, -0.1) is 0 Å². The number of rotatable bonds is 4. The van der Waals surface area contributed by atoms with E-state index in [0.717, 1.165) is 17.8 Å². The van der Waals surface area contributed by atoms with Crippen LogP contribution in [-0.4, -0.2) is 44.6 Å². The fourth-order valence-electron chi connectivity index (χ4n) is 6.17. The summed E-state index contributed by atoms with van der Waals surface area (Å²) in [7, 11) is -3.39. The second kappa shape index (κ2) is 5.68. The van der Waals surface area contributed by atoms with Crippen LogP contribution < -0.4 is 4.72 Å². The maximum atomic E-state index is 12.7. The molecule has 5 nitrogen and oxygen atoms in total. The third-order valence-corrected chi connectivity index (χ3v) is 8.01. The molecule has 1 aliphatic heterocycles. The van der Waals surface area contributed by atoms with Crippen molar-refractivity contribution < 1.29 is 13.2 Å². The summed E-state index contributed by atoms with van der Waals surface area (Å²) < 4.78 is 35.7. The third-order valence-electron chi connectivity index (χ3n) is 6.52. The van der Waals surface area contributed by atoms with E-state index in [9.17, 15) is 8.42 Å². The highest BCUT2D eigenvalue weighted by molar-refractivity contribution is 7.87. The Morgan fingerprint density at radius 1 is 1.00 bits per heavy atom. The van der Waals surface area contributed by atoms with Crippen molar-refractivity contribution in [2.24, 2.45) is 23.2 Å². The largest absolute Gasteiger partial charge is 0.373 e. The Hall–Kier alpha value is -0.170. The van der Waals surface area contributed by atoms with E-state index in [1.54, 1.807) is 4.31 Å². The molecule has 0 amide bonds. The van der Waals surface area contributed by atoms with Crippen LogP contribution >= 0.6 is 0 Å². The Morgan fingerprint density at radius 3 is 1.96 bits per heavy atom. The first-order chi connectivity index (χ1) is 10.8. The van der Waals surface area contributed by atoms with Gasteiger partial charge in [0.25, 0.3) is 10.2 Å². The first-order valence-corrected chi connectivity index (χ1v) is 10.7. The van der Waals surface area contributed by atoms with Gasteiger partial charge in [0.2, 0.25) is 0 Å². The molecule has 0 aromatic heterocycles. The van der Waals surface area contributed by atoms with Gasteiger partial charge in [-0.3, -0.25) is 0 Å². The minimum Gasteiger partial charge on any atom is -0.373 e. The van der Waals surface area contributed by atoms with Crippen molar-refractivity contribution in [1.82, 2.24) is 9.03 Å². The number of nitrogens with one attached hydrogen (secondary N) is 1. The average molecular weight is 343 g/mol. The highest BCUT2D eigenvalue weighted by Crippen LogP contribution is 2.59. The molecule has 23 heavy (non-hydrogen) atoms. The summed E-state index contributed by atoms with van der Waals surface area (Å²) in [6, 6.07) is 0. The number of hydrogen-bond acceptors (Lipinski definition) is 3. The van der Waals surface area contributed by atoms with Crippen LogP contribution in [0.1, 0.15) is 52.4 Å². The third kappa shape index (κ3) is 3.20. The summed E-state index contributed by atoms with van der Waals surface area (Å²) in [6.45, 7) is 5.44. The van der Waals surface area contributed by atoms with E-state index < -0.39 is 10.2 Å². The molecular formula is C17H30N2O3S. The summed E-state index contributed by atoms with van der Waals surface area (Å²) >= 11 is 0. The Balaban J connectivity index is 1.42. The zero-order valence-corrected chi connectivity index (χ0v) is 15.1. The minimum atomic E-state index is -3.39. The zero-order chi connectivity index (χ0) is 16.2. The van der Waals surface area contributed by atoms with Gasteiger partial charge in [0.1, 0.15) is 0 Å². The molecule has 0 spiro atoms. The predicted octanol–water partition coefficient (Wildman–Crippen LogP) is 2.15. The van der Waals surface area contributed by atoms with Crippen molar-refractivity contribution in [3.05, 3.63) is 0 Å². The number of hydrogen-bond donors (Lipinski definition) is 1. The molecule has 5 rings (SSSR count). The molecule has 1 heterocycles. The molecule has 1 saturated heterocycles. The highest BCUT2D eigenvalue weighted by Gasteiger charge is 2.51. The molecule has 132 valence electrons. The molecule has 4 bridgehead atoms. The summed E-state index contributed by atoms with van der Waals surface area (Å²) in [4.78, 5) is 0. The second-order valence-corrected chi connectivity index (χ2v) is 10.6. The van der Waals surface area contributed by atoms with Crippen LogP contribution in [0.3, 0.4) is 0 Å². The molecule has 5 aliphatic rings. The molecular weight excluding hydrogens is 312 g/mol. The normalized spacial score (nSPS) is 47.1. The van der Waals surface area contributed by atoms with Crippen LogP contribution in [0, 0.1) is 23.2 Å². The number of ether oxygens (including phenoxy) is 1. The molecule has 0 unspecified atom stereocenters. The summed E-state index contributed by atoms with van der Waals surface area (Å²) in [5.74, 6) is 2.57. The maximum Gasteiger partial charge on any atom is 0.279 e. The van der Waals surface area contributed by atoms with Crippen LogP contribution in [0.4, 0.5) is 0 Å². The molecule has 4 aliphatic carbocycles. The van der Waals surface area contributed by atoms with Gasteiger partial charge >= 0.3 is 0 Å². The fourth-order valence-corrected chi connectivity index (χ4v) is 7.65. The Morgan fingerprint density at radius 2 is 1.48 bits per heavy atom. The maximum absolute atomic E-state index is 12.7. The second-order valence-electron chi connectivity index (χ2n) is 8.82. The van der Waals surface area contributed by atoms with Crippen LogP contribution in [0.25, 0.3) is 0 Å². The van der Waals surface area contributed by atoms with Crippen molar-refractivity contribution in [3.63, 3.8) is 0 Å². The molecule has 4 saturated carbocycles. The molecule has 5 fully saturated rings.